The fourth-order valence-corrected chi connectivity index (χ4v) is 2.16. The van der Waals surface area contributed by atoms with Crippen molar-refractivity contribution in [2.75, 3.05) is 6.61 Å². The van der Waals surface area contributed by atoms with E-state index in [1.807, 2.05) is 12.1 Å². The zero-order chi connectivity index (χ0) is 9.26. The molecule has 68 valence electrons. The first-order valence-corrected chi connectivity index (χ1v) is 5.55. The van der Waals surface area contributed by atoms with Gasteiger partial charge in [0.15, 0.2) is 5.78 Å². The molecular weight excluding hydrogens is 208 g/mol. The lowest BCUT2D eigenvalue weighted by molar-refractivity contribution is 0.0929. The second-order valence-corrected chi connectivity index (χ2v) is 3.79. The minimum atomic E-state index is 0.116. The molecule has 2 rings (SSSR count). The van der Waals surface area contributed by atoms with E-state index in [1.54, 1.807) is 6.07 Å². The van der Waals surface area contributed by atoms with Gasteiger partial charge in [0.25, 0.3) is 0 Å². The first kappa shape index (κ1) is 8.91. The summed E-state index contributed by atoms with van der Waals surface area (Å²) in [4.78, 5) is 12.3. The normalized spacial score (nSPS) is 15.0. The number of hydrogen-bond donors (Lipinski definition) is 0. The molecular formula is C9H7ClO2S. The van der Waals surface area contributed by atoms with Crippen LogP contribution in [0.2, 0.25) is 0 Å². The zero-order valence-corrected chi connectivity index (χ0v) is 8.32. The molecule has 2 nitrogen and oxygen atoms in total. The predicted molar refractivity (Wildman–Crippen MR) is 52.6 cm³/mol. The van der Waals surface area contributed by atoms with E-state index in [-0.39, 0.29) is 5.78 Å². The van der Waals surface area contributed by atoms with Crippen LogP contribution in [0.4, 0.5) is 0 Å². The quantitative estimate of drug-likeness (QED) is 0.719. The molecule has 0 aliphatic carbocycles. The third-order valence-electron chi connectivity index (χ3n) is 1.94. The number of hydrogen-bond acceptors (Lipinski definition) is 3. The van der Waals surface area contributed by atoms with Crippen LogP contribution in [0.1, 0.15) is 16.8 Å². The van der Waals surface area contributed by atoms with Gasteiger partial charge in [-0.25, -0.2) is 0 Å². The number of ether oxygens (including phenoxy) is 1. The van der Waals surface area contributed by atoms with E-state index in [4.69, 9.17) is 15.4 Å². The second kappa shape index (κ2) is 3.60. The number of carbonyl (C=O) groups is 1. The Morgan fingerprint density at radius 3 is 3.08 bits per heavy atom. The fourth-order valence-electron chi connectivity index (χ4n) is 1.35. The van der Waals surface area contributed by atoms with Crippen LogP contribution >= 0.6 is 21.7 Å². The molecule has 0 saturated carbocycles. The van der Waals surface area contributed by atoms with Crippen LogP contribution in [-0.4, -0.2) is 12.4 Å². The highest BCUT2D eigenvalue weighted by atomic mass is 35.7. The van der Waals surface area contributed by atoms with Crippen molar-refractivity contribution in [2.45, 2.75) is 11.3 Å². The average Bonchev–Trinajstić information content (AvgIpc) is 2.17. The Hall–Kier alpha value is -0.670. The summed E-state index contributed by atoms with van der Waals surface area (Å²) in [6.07, 6.45) is 0.446. The fraction of sp³-hybridized carbons (Fsp3) is 0.222. The van der Waals surface area contributed by atoms with Crippen molar-refractivity contribution in [3.8, 4) is 5.75 Å². The molecule has 0 fully saturated rings. The maximum atomic E-state index is 11.5. The molecule has 1 heterocycles. The Balaban J connectivity index is 2.56. The van der Waals surface area contributed by atoms with E-state index in [2.05, 4.69) is 0 Å². The molecule has 1 aromatic carbocycles. The van der Waals surface area contributed by atoms with E-state index in [0.29, 0.717) is 24.3 Å². The number of benzene rings is 1. The topological polar surface area (TPSA) is 26.3 Å². The molecule has 0 N–H and O–H groups in total. The summed E-state index contributed by atoms with van der Waals surface area (Å²) in [5.41, 5.74) is 0.633. The highest BCUT2D eigenvalue weighted by molar-refractivity contribution is 8.21. The van der Waals surface area contributed by atoms with Gasteiger partial charge < -0.3 is 4.74 Å². The van der Waals surface area contributed by atoms with Crippen LogP contribution in [0.15, 0.2) is 23.1 Å². The van der Waals surface area contributed by atoms with Crippen LogP contribution in [-0.2, 0) is 0 Å². The standard InChI is InChI=1S/C9H7ClO2S/c10-13-8-3-1-2-7-9(8)6(11)4-5-12-7/h1-3H,4-5H2. The molecule has 0 saturated heterocycles. The number of carbonyl (C=O) groups excluding carboxylic acids is 1. The lowest BCUT2D eigenvalue weighted by Gasteiger charge is -2.17. The number of fused-ring (bicyclic) bond motifs is 1. The Kier molecular flexibility index (Phi) is 2.47. The molecule has 0 radical (unpaired) electrons. The maximum absolute atomic E-state index is 11.5. The number of ketones is 1. The molecule has 0 unspecified atom stereocenters. The van der Waals surface area contributed by atoms with Crippen molar-refractivity contribution >= 4 is 27.4 Å². The smallest absolute Gasteiger partial charge is 0.171 e. The van der Waals surface area contributed by atoms with E-state index in [9.17, 15) is 4.79 Å². The number of rotatable bonds is 1. The third-order valence-corrected chi connectivity index (χ3v) is 2.94. The van der Waals surface area contributed by atoms with Gasteiger partial charge in [-0.05, 0) is 33.8 Å². The molecule has 0 atom stereocenters. The van der Waals surface area contributed by atoms with Crippen LogP contribution < -0.4 is 4.74 Å². The van der Waals surface area contributed by atoms with Crippen LogP contribution in [0, 0.1) is 0 Å². The van der Waals surface area contributed by atoms with Gasteiger partial charge in [0.05, 0.1) is 12.2 Å². The summed E-state index contributed by atoms with van der Waals surface area (Å²) in [5.74, 6) is 0.770. The summed E-state index contributed by atoms with van der Waals surface area (Å²) in [6, 6.07) is 5.45. The van der Waals surface area contributed by atoms with Crippen LogP contribution in [0.3, 0.4) is 0 Å². The van der Waals surface area contributed by atoms with Crippen molar-refractivity contribution in [1.82, 2.24) is 0 Å². The lowest BCUT2D eigenvalue weighted by atomic mass is 10.1. The van der Waals surface area contributed by atoms with Crippen molar-refractivity contribution in [3.63, 3.8) is 0 Å². The monoisotopic (exact) mass is 214 g/mol. The first-order chi connectivity index (χ1) is 6.33. The SMILES string of the molecule is O=C1CCOc2cccc(SCl)c21. The van der Waals surface area contributed by atoms with E-state index in [0.717, 1.165) is 15.9 Å². The summed E-state index contributed by atoms with van der Waals surface area (Å²) in [6.45, 7) is 0.474. The Morgan fingerprint density at radius 2 is 2.31 bits per heavy atom. The predicted octanol–water partition coefficient (Wildman–Crippen LogP) is 2.90. The third kappa shape index (κ3) is 1.54. The molecule has 0 spiro atoms. The summed E-state index contributed by atoms with van der Waals surface area (Å²) < 4.78 is 5.34. The summed E-state index contributed by atoms with van der Waals surface area (Å²) in [5, 5.41) is 0. The maximum Gasteiger partial charge on any atom is 0.171 e. The van der Waals surface area contributed by atoms with Crippen LogP contribution in [0.25, 0.3) is 0 Å². The lowest BCUT2D eigenvalue weighted by Crippen LogP contribution is -2.15. The van der Waals surface area contributed by atoms with Crippen LogP contribution in [0.5, 0.6) is 5.75 Å². The highest BCUT2D eigenvalue weighted by Crippen LogP contribution is 2.35. The van der Waals surface area contributed by atoms with E-state index in [1.165, 1.54) is 0 Å². The zero-order valence-electron chi connectivity index (χ0n) is 6.75. The Labute approximate surface area is 84.7 Å². The van der Waals surface area contributed by atoms with Gasteiger partial charge in [0.2, 0.25) is 0 Å². The Morgan fingerprint density at radius 1 is 1.46 bits per heavy atom. The highest BCUT2D eigenvalue weighted by Gasteiger charge is 2.21. The molecule has 1 aromatic rings. The van der Waals surface area contributed by atoms with Crippen molar-refractivity contribution < 1.29 is 9.53 Å². The largest absolute Gasteiger partial charge is 0.492 e. The van der Waals surface area contributed by atoms with E-state index >= 15 is 0 Å². The van der Waals surface area contributed by atoms with E-state index < -0.39 is 0 Å². The molecule has 0 bridgehead atoms. The minimum Gasteiger partial charge on any atom is -0.492 e. The van der Waals surface area contributed by atoms with Gasteiger partial charge in [0, 0.05) is 11.3 Å². The first-order valence-electron chi connectivity index (χ1n) is 3.90. The van der Waals surface area contributed by atoms with Gasteiger partial charge in [-0.3, -0.25) is 4.79 Å². The minimum absolute atomic E-state index is 0.116. The number of halogens is 1. The van der Waals surface area contributed by atoms with Gasteiger partial charge >= 0.3 is 0 Å². The Bertz CT molecular complexity index is 337. The molecule has 0 aromatic heterocycles. The van der Waals surface area contributed by atoms with Gasteiger partial charge in [-0.1, -0.05) is 6.07 Å². The van der Waals surface area contributed by atoms with Gasteiger partial charge in [0.1, 0.15) is 5.75 Å². The summed E-state index contributed by atoms with van der Waals surface area (Å²) in [7, 11) is 6.70. The van der Waals surface area contributed by atoms with Crippen molar-refractivity contribution in [2.24, 2.45) is 0 Å². The summed E-state index contributed by atoms with van der Waals surface area (Å²) >= 11 is 0. The molecule has 13 heavy (non-hydrogen) atoms. The second-order valence-electron chi connectivity index (χ2n) is 2.73. The number of Topliss-reactive ketones (excluding diaryl/α,β-unsaturated/α-hetero) is 1. The molecule has 1 aliphatic heterocycles. The molecule has 4 heteroatoms. The van der Waals surface area contributed by atoms with Crippen molar-refractivity contribution in [3.05, 3.63) is 23.8 Å². The molecule has 1 aliphatic rings. The molecule has 0 amide bonds. The van der Waals surface area contributed by atoms with Gasteiger partial charge in [-0.15, -0.1) is 0 Å². The average molecular weight is 215 g/mol. The van der Waals surface area contributed by atoms with Gasteiger partial charge in [-0.2, -0.15) is 0 Å². The van der Waals surface area contributed by atoms with Crippen molar-refractivity contribution in [1.29, 1.82) is 0 Å².